The van der Waals surface area contributed by atoms with Gasteiger partial charge < -0.3 is 10.6 Å². The Morgan fingerprint density at radius 3 is 2.31 bits per heavy atom. The number of carbonyl (C=O) groups is 2. The molecule has 6 nitrogen and oxygen atoms in total. The van der Waals surface area contributed by atoms with Gasteiger partial charge in [-0.3, -0.25) is 14.3 Å². The molecule has 2 N–H and O–H groups in total. The van der Waals surface area contributed by atoms with Gasteiger partial charge in [0.1, 0.15) is 0 Å². The average molecular weight is 354 g/mol. The Morgan fingerprint density at radius 1 is 1.19 bits per heavy atom. The SMILES string of the molecule is C=CC(=O)NCc1ccc(C(=O)Nc2c(C)nn(C(C)(C)C)c2C)cc1. The van der Waals surface area contributed by atoms with Crippen molar-refractivity contribution < 1.29 is 9.59 Å². The summed E-state index contributed by atoms with van der Waals surface area (Å²) < 4.78 is 1.92. The van der Waals surface area contributed by atoms with Crippen LogP contribution in [0, 0.1) is 13.8 Å². The number of anilines is 1. The van der Waals surface area contributed by atoms with Gasteiger partial charge >= 0.3 is 0 Å². The van der Waals surface area contributed by atoms with Crippen LogP contribution in [0.4, 0.5) is 5.69 Å². The Hall–Kier alpha value is -2.89. The monoisotopic (exact) mass is 354 g/mol. The zero-order valence-electron chi connectivity index (χ0n) is 16.0. The molecular weight excluding hydrogens is 328 g/mol. The van der Waals surface area contributed by atoms with Crippen molar-refractivity contribution in [1.82, 2.24) is 15.1 Å². The first-order chi connectivity index (χ1) is 12.1. The van der Waals surface area contributed by atoms with E-state index in [1.165, 1.54) is 6.08 Å². The fourth-order valence-electron chi connectivity index (χ4n) is 2.70. The lowest BCUT2D eigenvalue weighted by Crippen LogP contribution is -2.24. The molecule has 1 aromatic heterocycles. The zero-order chi connectivity index (χ0) is 19.5. The van der Waals surface area contributed by atoms with Gasteiger partial charge in [-0.05, 0) is 58.4 Å². The quantitative estimate of drug-likeness (QED) is 0.809. The van der Waals surface area contributed by atoms with Crippen LogP contribution in [-0.4, -0.2) is 21.6 Å². The fraction of sp³-hybridized carbons (Fsp3) is 0.350. The van der Waals surface area contributed by atoms with Gasteiger partial charge in [-0.25, -0.2) is 0 Å². The zero-order valence-corrected chi connectivity index (χ0v) is 16.0. The summed E-state index contributed by atoms with van der Waals surface area (Å²) in [6.07, 6.45) is 1.23. The van der Waals surface area contributed by atoms with Gasteiger partial charge in [0.25, 0.3) is 5.91 Å². The molecule has 2 rings (SSSR count). The van der Waals surface area contributed by atoms with Crippen LogP contribution in [0.1, 0.15) is 48.1 Å². The number of aryl methyl sites for hydroxylation is 1. The molecule has 0 aliphatic heterocycles. The number of amides is 2. The fourth-order valence-corrected chi connectivity index (χ4v) is 2.70. The first kappa shape index (κ1) is 19.4. The second kappa shape index (κ2) is 7.56. The van der Waals surface area contributed by atoms with Crippen molar-refractivity contribution in [3.8, 4) is 0 Å². The molecule has 0 aliphatic rings. The third-order valence-electron chi connectivity index (χ3n) is 4.03. The maximum absolute atomic E-state index is 12.6. The highest BCUT2D eigenvalue weighted by atomic mass is 16.2. The lowest BCUT2D eigenvalue weighted by molar-refractivity contribution is -0.116. The van der Waals surface area contributed by atoms with E-state index >= 15 is 0 Å². The van der Waals surface area contributed by atoms with E-state index in [1.54, 1.807) is 12.1 Å². The predicted molar refractivity (Wildman–Crippen MR) is 103 cm³/mol. The van der Waals surface area contributed by atoms with Crippen LogP contribution >= 0.6 is 0 Å². The van der Waals surface area contributed by atoms with E-state index in [0.29, 0.717) is 12.1 Å². The average Bonchev–Trinajstić information content (AvgIpc) is 2.88. The van der Waals surface area contributed by atoms with Crippen molar-refractivity contribution in [3.63, 3.8) is 0 Å². The van der Waals surface area contributed by atoms with Gasteiger partial charge in [0.15, 0.2) is 0 Å². The second-order valence-corrected chi connectivity index (χ2v) is 7.20. The minimum atomic E-state index is -0.228. The van der Waals surface area contributed by atoms with Crippen LogP contribution in [-0.2, 0) is 16.9 Å². The van der Waals surface area contributed by atoms with Crippen molar-refractivity contribution in [3.05, 3.63) is 59.4 Å². The molecule has 0 radical (unpaired) electrons. The number of benzene rings is 1. The van der Waals surface area contributed by atoms with Gasteiger partial charge in [-0.1, -0.05) is 18.7 Å². The van der Waals surface area contributed by atoms with Gasteiger partial charge in [-0.2, -0.15) is 5.10 Å². The van der Waals surface area contributed by atoms with Crippen molar-refractivity contribution in [2.75, 3.05) is 5.32 Å². The predicted octanol–water partition coefficient (Wildman–Crippen LogP) is 3.31. The second-order valence-electron chi connectivity index (χ2n) is 7.20. The third kappa shape index (κ3) is 4.39. The maximum Gasteiger partial charge on any atom is 0.255 e. The molecule has 0 saturated carbocycles. The molecule has 0 spiro atoms. The van der Waals surface area contributed by atoms with E-state index in [1.807, 2.05) is 30.7 Å². The molecule has 0 bridgehead atoms. The standard InChI is InChI=1S/C20H26N4O2/c1-7-17(25)21-12-15-8-10-16(11-9-15)19(26)22-18-13(2)23-24(14(18)3)20(4,5)6/h7-11H,1,12H2,2-6H3,(H,21,25)(H,22,26). The molecule has 6 heteroatoms. The van der Waals surface area contributed by atoms with Gasteiger partial charge in [0, 0.05) is 12.1 Å². The largest absolute Gasteiger partial charge is 0.348 e. The normalized spacial score (nSPS) is 11.1. The van der Waals surface area contributed by atoms with Gasteiger partial charge in [0.05, 0.1) is 22.6 Å². The maximum atomic E-state index is 12.6. The van der Waals surface area contributed by atoms with Crippen LogP contribution < -0.4 is 10.6 Å². The van der Waals surface area contributed by atoms with E-state index in [4.69, 9.17) is 0 Å². The number of carbonyl (C=O) groups excluding carboxylic acids is 2. The van der Waals surface area contributed by atoms with E-state index in [2.05, 4.69) is 43.1 Å². The lowest BCUT2D eigenvalue weighted by atomic mass is 10.1. The van der Waals surface area contributed by atoms with Gasteiger partial charge in [0.2, 0.25) is 5.91 Å². The van der Waals surface area contributed by atoms with E-state index in [-0.39, 0.29) is 17.4 Å². The highest BCUT2D eigenvalue weighted by Crippen LogP contribution is 2.25. The van der Waals surface area contributed by atoms with E-state index in [0.717, 1.165) is 22.6 Å². The molecule has 0 aliphatic carbocycles. The van der Waals surface area contributed by atoms with E-state index < -0.39 is 0 Å². The minimum absolute atomic E-state index is 0.157. The summed E-state index contributed by atoms with van der Waals surface area (Å²) in [6, 6.07) is 7.11. The molecule has 0 fully saturated rings. The first-order valence-corrected chi connectivity index (χ1v) is 8.50. The summed E-state index contributed by atoms with van der Waals surface area (Å²) in [7, 11) is 0. The molecule has 26 heavy (non-hydrogen) atoms. The summed E-state index contributed by atoms with van der Waals surface area (Å²) in [5.41, 5.74) is 3.75. The topological polar surface area (TPSA) is 76.0 Å². The molecule has 0 unspecified atom stereocenters. The smallest absolute Gasteiger partial charge is 0.255 e. The Kier molecular flexibility index (Phi) is 5.65. The Labute approximate surface area is 154 Å². The Morgan fingerprint density at radius 2 is 1.81 bits per heavy atom. The molecule has 0 atom stereocenters. The van der Waals surface area contributed by atoms with Crippen LogP contribution in [0.2, 0.25) is 0 Å². The third-order valence-corrected chi connectivity index (χ3v) is 4.03. The Balaban J connectivity index is 2.12. The molecule has 1 heterocycles. The van der Waals surface area contributed by atoms with Crippen molar-refractivity contribution in [2.45, 2.75) is 46.7 Å². The number of nitrogens with zero attached hydrogens (tertiary/aromatic N) is 2. The molecule has 138 valence electrons. The van der Waals surface area contributed by atoms with E-state index in [9.17, 15) is 9.59 Å². The minimum Gasteiger partial charge on any atom is -0.348 e. The van der Waals surface area contributed by atoms with Crippen molar-refractivity contribution in [2.24, 2.45) is 0 Å². The van der Waals surface area contributed by atoms with Crippen molar-refractivity contribution in [1.29, 1.82) is 0 Å². The number of hydrogen-bond donors (Lipinski definition) is 2. The van der Waals surface area contributed by atoms with Gasteiger partial charge in [-0.15, -0.1) is 0 Å². The molecule has 1 aromatic carbocycles. The highest BCUT2D eigenvalue weighted by molar-refractivity contribution is 6.04. The van der Waals surface area contributed by atoms with Crippen LogP contribution in [0.25, 0.3) is 0 Å². The summed E-state index contributed by atoms with van der Waals surface area (Å²) >= 11 is 0. The summed E-state index contributed by atoms with van der Waals surface area (Å²) in [5, 5.41) is 10.2. The highest BCUT2D eigenvalue weighted by Gasteiger charge is 2.22. The summed E-state index contributed by atoms with van der Waals surface area (Å²) in [6.45, 7) is 13.9. The molecular formula is C20H26N4O2. The summed E-state index contributed by atoms with van der Waals surface area (Å²) in [4.78, 5) is 23.8. The molecule has 2 aromatic rings. The number of rotatable bonds is 5. The van der Waals surface area contributed by atoms with Crippen LogP contribution in [0.5, 0.6) is 0 Å². The number of aromatic nitrogens is 2. The molecule has 2 amide bonds. The number of hydrogen-bond acceptors (Lipinski definition) is 3. The molecule has 0 saturated heterocycles. The van der Waals surface area contributed by atoms with Crippen molar-refractivity contribution >= 4 is 17.5 Å². The lowest BCUT2D eigenvalue weighted by Gasteiger charge is -2.21. The Bertz CT molecular complexity index is 827. The number of nitrogens with one attached hydrogen (secondary N) is 2. The van der Waals surface area contributed by atoms with Crippen LogP contribution in [0.15, 0.2) is 36.9 Å². The first-order valence-electron chi connectivity index (χ1n) is 8.50. The van der Waals surface area contributed by atoms with Crippen LogP contribution in [0.3, 0.4) is 0 Å². The summed E-state index contributed by atoms with van der Waals surface area (Å²) in [5.74, 6) is -0.417.